The van der Waals surface area contributed by atoms with Crippen molar-refractivity contribution < 1.29 is 19.4 Å². The number of carbonyl (C=O) groups is 1. The summed E-state index contributed by atoms with van der Waals surface area (Å²) in [6.45, 7) is 1.12. The Morgan fingerprint density at radius 1 is 1.63 bits per heavy atom. The number of hydrogen-bond donors (Lipinski definition) is 1. The molecule has 1 atom stereocenters. The van der Waals surface area contributed by atoms with Gasteiger partial charge in [0, 0.05) is 11.6 Å². The van der Waals surface area contributed by atoms with E-state index in [9.17, 15) is 9.90 Å². The number of hydrogen-bond acceptors (Lipinski definition) is 4. The number of aliphatic hydroxyl groups is 1. The lowest BCUT2D eigenvalue weighted by Gasteiger charge is -2.34. The van der Waals surface area contributed by atoms with Crippen molar-refractivity contribution in [2.45, 2.75) is 6.04 Å². The van der Waals surface area contributed by atoms with Gasteiger partial charge in [0.15, 0.2) is 0 Å². The Kier molecular flexibility index (Phi) is 4.63. The smallest absolute Gasteiger partial charge is 0.258 e. The zero-order valence-corrected chi connectivity index (χ0v) is 11.4. The van der Waals surface area contributed by atoms with E-state index in [1.807, 2.05) is 0 Å². The summed E-state index contributed by atoms with van der Waals surface area (Å²) in [5.41, 5.74) is 0.398. The fourth-order valence-corrected chi connectivity index (χ4v) is 2.25. The van der Waals surface area contributed by atoms with Gasteiger partial charge in [0.25, 0.3) is 5.91 Å². The summed E-state index contributed by atoms with van der Waals surface area (Å²) < 4.78 is 10.4. The molecule has 1 aromatic rings. The molecule has 0 bridgehead atoms. The van der Waals surface area contributed by atoms with E-state index in [-0.39, 0.29) is 18.6 Å². The van der Waals surface area contributed by atoms with Gasteiger partial charge in [-0.05, 0) is 18.2 Å². The molecule has 1 aliphatic heterocycles. The molecule has 19 heavy (non-hydrogen) atoms. The molecule has 0 aliphatic carbocycles. The van der Waals surface area contributed by atoms with Crippen LogP contribution in [0.1, 0.15) is 10.4 Å². The maximum absolute atomic E-state index is 12.5. The Hall–Kier alpha value is -1.30. The number of benzene rings is 1. The highest BCUT2D eigenvalue weighted by Crippen LogP contribution is 2.25. The van der Waals surface area contributed by atoms with E-state index in [0.29, 0.717) is 36.1 Å². The van der Waals surface area contributed by atoms with Crippen LogP contribution in [-0.2, 0) is 4.74 Å². The summed E-state index contributed by atoms with van der Waals surface area (Å²) in [6.07, 6.45) is 0. The zero-order valence-electron chi connectivity index (χ0n) is 10.6. The highest BCUT2D eigenvalue weighted by molar-refractivity contribution is 6.31. The number of carbonyl (C=O) groups excluding carboxylic acids is 1. The van der Waals surface area contributed by atoms with E-state index in [2.05, 4.69) is 0 Å². The molecule has 0 saturated carbocycles. The molecule has 1 aliphatic rings. The monoisotopic (exact) mass is 285 g/mol. The van der Waals surface area contributed by atoms with Gasteiger partial charge < -0.3 is 19.5 Å². The summed E-state index contributed by atoms with van der Waals surface area (Å²) in [5.74, 6) is 0.263. The molecule has 2 rings (SSSR count). The van der Waals surface area contributed by atoms with E-state index in [4.69, 9.17) is 21.1 Å². The van der Waals surface area contributed by atoms with E-state index in [1.54, 1.807) is 23.1 Å². The van der Waals surface area contributed by atoms with Gasteiger partial charge >= 0.3 is 0 Å². The first kappa shape index (κ1) is 14.1. The second-order valence-electron chi connectivity index (χ2n) is 4.25. The predicted molar refractivity (Wildman–Crippen MR) is 70.7 cm³/mol. The minimum absolute atomic E-state index is 0.130. The first-order valence-electron chi connectivity index (χ1n) is 6.00. The van der Waals surface area contributed by atoms with Gasteiger partial charge in [-0.1, -0.05) is 11.6 Å². The molecule has 6 heteroatoms. The minimum Gasteiger partial charge on any atom is -0.496 e. The Morgan fingerprint density at radius 3 is 3.11 bits per heavy atom. The SMILES string of the molecule is COc1ccc(Cl)cc1C(=O)N1CCOC[C@@H]1CO. The third-order valence-electron chi connectivity index (χ3n) is 3.09. The van der Waals surface area contributed by atoms with Crippen LogP contribution in [0, 0.1) is 0 Å². The first-order valence-corrected chi connectivity index (χ1v) is 6.38. The fraction of sp³-hybridized carbons (Fsp3) is 0.462. The molecule has 1 saturated heterocycles. The standard InChI is InChI=1S/C13H16ClNO4/c1-18-12-3-2-9(14)6-11(12)13(17)15-4-5-19-8-10(15)7-16/h2-3,6,10,16H,4-5,7-8H2,1H3/t10-/m0/s1. The van der Waals surface area contributed by atoms with Gasteiger partial charge in [-0.25, -0.2) is 0 Å². The molecular weight excluding hydrogens is 270 g/mol. The van der Waals surface area contributed by atoms with Crippen LogP contribution in [0.3, 0.4) is 0 Å². The fourth-order valence-electron chi connectivity index (χ4n) is 2.08. The van der Waals surface area contributed by atoms with E-state index < -0.39 is 0 Å². The number of amides is 1. The van der Waals surface area contributed by atoms with Crippen molar-refractivity contribution in [2.24, 2.45) is 0 Å². The van der Waals surface area contributed by atoms with Gasteiger partial charge in [0.1, 0.15) is 5.75 Å². The number of methoxy groups -OCH3 is 1. The molecular formula is C13H16ClNO4. The van der Waals surface area contributed by atoms with Gasteiger partial charge in [-0.3, -0.25) is 4.79 Å². The molecule has 0 radical (unpaired) electrons. The van der Waals surface area contributed by atoms with Crippen molar-refractivity contribution in [1.29, 1.82) is 0 Å². The van der Waals surface area contributed by atoms with Crippen LogP contribution in [0.2, 0.25) is 5.02 Å². The molecule has 1 fully saturated rings. The number of rotatable bonds is 3. The van der Waals surface area contributed by atoms with Gasteiger partial charge in [0.05, 0.1) is 38.5 Å². The Morgan fingerprint density at radius 2 is 2.42 bits per heavy atom. The maximum atomic E-state index is 12.5. The molecule has 104 valence electrons. The van der Waals surface area contributed by atoms with Crippen LogP contribution >= 0.6 is 11.6 Å². The second kappa shape index (κ2) is 6.23. The van der Waals surface area contributed by atoms with Crippen molar-refractivity contribution in [2.75, 3.05) is 33.5 Å². The highest BCUT2D eigenvalue weighted by atomic mass is 35.5. The minimum atomic E-state index is -0.329. The van der Waals surface area contributed by atoms with Crippen LogP contribution < -0.4 is 4.74 Å². The van der Waals surface area contributed by atoms with Crippen molar-refractivity contribution in [3.8, 4) is 5.75 Å². The van der Waals surface area contributed by atoms with Crippen LogP contribution in [0.4, 0.5) is 0 Å². The molecule has 1 heterocycles. The predicted octanol–water partition coefficient (Wildman–Crippen LogP) is 1.18. The Balaban J connectivity index is 2.29. The lowest BCUT2D eigenvalue weighted by atomic mass is 10.1. The number of morpholine rings is 1. The van der Waals surface area contributed by atoms with Crippen LogP contribution in [0.25, 0.3) is 0 Å². The quantitative estimate of drug-likeness (QED) is 0.906. The summed E-state index contributed by atoms with van der Waals surface area (Å²) in [5, 5.41) is 9.78. The third-order valence-corrected chi connectivity index (χ3v) is 3.33. The molecule has 1 N–H and O–H groups in total. The molecule has 1 amide bonds. The first-order chi connectivity index (χ1) is 9.17. The summed E-state index contributed by atoms with van der Waals surface area (Å²) in [7, 11) is 1.50. The highest BCUT2D eigenvalue weighted by Gasteiger charge is 2.29. The number of halogens is 1. The van der Waals surface area contributed by atoms with Crippen molar-refractivity contribution in [1.82, 2.24) is 4.90 Å². The zero-order chi connectivity index (χ0) is 13.8. The van der Waals surface area contributed by atoms with Gasteiger partial charge in [-0.15, -0.1) is 0 Å². The van der Waals surface area contributed by atoms with Crippen LogP contribution in [0.5, 0.6) is 5.75 Å². The summed E-state index contributed by atoms with van der Waals surface area (Å²) >= 11 is 5.93. The van der Waals surface area contributed by atoms with Crippen molar-refractivity contribution in [3.63, 3.8) is 0 Å². The lowest BCUT2D eigenvalue weighted by molar-refractivity contribution is -0.0185. The molecule has 0 spiro atoms. The maximum Gasteiger partial charge on any atom is 0.258 e. The normalized spacial score (nSPS) is 19.3. The largest absolute Gasteiger partial charge is 0.496 e. The van der Waals surface area contributed by atoms with E-state index in [1.165, 1.54) is 7.11 Å². The number of nitrogens with zero attached hydrogens (tertiary/aromatic N) is 1. The summed E-state index contributed by atoms with van der Waals surface area (Å²) in [4.78, 5) is 14.1. The molecule has 0 unspecified atom stereocenters. The molecule has 1 aromatic carbocycles. The average molecular weight is 286 g/mol. The third kappa shape index (κ3) is 3.00. The lowest BCUT2D eigenvalue weighted by Crippen LogP contribution is -2.50. The topological polar surface area (TPSA) is 59.0 Å². The van der Waals surface area contributed by atoms with Crippen LogP contribution in [-0.4, -0.2) is 55.4 Å². The van der Waals surface area contributed by atoms with E-state index >= 15 is 0 Å². The van der Waals surface area contributed by atoms with Gasteiger partial charge in [0.2, 0.25) is 0 Å². The van der Waals surface area contributed by atoms with Crippen LogP contribution in [0.15, 0.2) is 18.2 Å². The number of aliphatic hydroxyl groups excluding tert-OH is 1. The second-order valence-corrected chi connectivity index (χ2v) is 4.69. The van der Waals surface area contributed by atoms with E-state index in [0.717, 1.165) is 0 Å². The molecule has 0 aromatic heterocycles. The molecule has 5 nitrogen and oxygen atoms in total. The van der Waals surface area contributed by atoms with Crippen molar-refractivity contribution in [3.05, 3.63) is 28.8 Å². The summed E-state index contributed by atoms with van der Waals surface area (Å²) in [6, 6.07) is 4.57. The Bertz CT molecular complexity index is 466. The Labute approximate surface area is 116 Å². The van der Waals surface area contributed by atoms with Crippen molar-refractivity contribution >= 4 is 17.5 Å². The van der Waals surface area contributed by atoms with Gasteiger partial charge in [-0.2, -0.15) is 0 Å². The average Bonchev–Trinajstić information content (AvgIpc) is 2.46. The number of ether oxygens (including phenoxy) is 2.